The third-order valence-corrected chi connectivity index (χ3v) is 4.27. The van der Waals surface area contributed by atoms with E-state index in [1.165, 1.54) is 0 Å². The molecule has 2 aromatic rings. The molecule has 1 saturated carbocycles. The lowest BCUT2D eigenvalue weighted by Crippen LogP contribution is -2.33. The van der Waals surface area contributed by atoms with Gasteiger partial charge in [-0.15, -0.1) is 0 Å². The Labute approximate surface area is 143 Å². The molecule has 0 aromatic heterocycles. The molecular weight excluding hydrogens is 358 g/mol. The number of rotatable bonds is 5. The fourth-order valence-corrected chi connectivity index (χ4v) is 2.65. The molecule has 4 nitrogen and oxygen atoms in total. The number of benzene rings is 2. The summed E-state index contributed by atoms with van der Waals surface area (Å²) >= 11 is 3.33. The highest BCUT2D eigenvalue weighted by Gasteiger charge is 2.31. The van der Waals surface area contributed by atoms with Gasteiger partial charge >= 0.3 is 5.97 Å². The normalized spacial score (nSPS) is 14.8. The number of halogens is 1. The molecule has 0 spiro atoms. The van der Waals surface area contributed by atoms with Gasteiger partial charge in [-0.1, -0.05) is 42.5 Å². The van der Waals surface area contributed by atoms with Gasteiger partial charge in [-0.2, -0.15) is 0 Å². The summed E-state index contributed by atoms with van der Waals surface area (Å²) in [5.41, 5.74) is 1.05. The van der Waals surface area contributed by atoms with Crippen molar-refractivity contribution in [3.8, 4) is 0 Å². The third-order valence-electron chi connectivity index (χ3n) is 3.58. The van der Waals surface area contributed by atoms with E-state index in [4.69, 9.17) is 4.74 Å². The number of hydrogen-bond acceptors (Lipinski definition) is 3. The van der Waals surface area contributed by atoms with E-state index in [0.29, 0.717) is 15.6 Å². The Bertz CT molecular complexity index is 713. The minimum atomic E-state index is -0.948. The molecule has 5 heteroatoms. The summed E-state index contributed by atoms with van der Waals surface area (Å²) in [6, 6.07) is 16.3. The number of nitrogens with one attached hydrogen (secondary N) is 1. The van der Waals surface area contributed by atoms with Crippen molar-refractivity contribution < 1.29 is 14.3 Å². The maximum atomic E-state index is 12.4. The highest BCUT2D eigenvalue weighted by Crippen LogP contribution is 2.25. The number of hydrogen-bond donors (Lipinski definition) is 1. The summed E-state index contributed by atoms with van der Waals surface area (Å²) < 4.78 is 6.15. The van der Waals surface area contributed by atoms with Crippen molar-refractivity contribution in [2.24, 2.45) is 0 Å². The molecule has 3 rings (SSSR count). The van der Waals surface area contributed by atoms with Crippen LogP contribution in [0.3, 0.4) is 0 Å². The zero-order valence-corrected chi connectivity index (χ0v) is 14.0. The minimum absolute atomic E-state index is 0.205. The first kappa shape index (κ1) is 15.7. The summed E-state index contributed by atoms with van der Waals surface area (Å²) in [5, 5.41) is 2.90. The number of carbonyl (C=O) groups excluding carboxylic acids is 2. The van der Waals surface area contributed by atoms with Crippen molar-refractivity contribution in [1.82, 2.24) is 5.32 Å². The monoisotopic (exact) mass is 373 g/mol. The van der Waals surface area contributed by atoms with Gasteiger partial charge in [0.15, 0.2) is 0 Å². The molecule has 0 saturated heterocycles. The topological polar surface area (TPSA) is 55.4 Å². The van der Waals surface area contributed by atoms with E-state index < -0.39 is 12.1 Å². The Morgan fingerprint density at radius 2 is 1.70 bits per heavy atom. The Morgan fingerprint density at radius 1 is 1.04 bits per heavy atom. The molecule has 118 valence electrons. The van der Waals surface area contributed by atoms with Crippen LogP contribution in [0.2, 0.25) is 0 Å². The first-order chi connectivity index (χ1) is 11.1. The van der Waals surface area contributed by atoms with Crippen LogP contribution in [0.4, 0.5) is 0 Å². The largest absolute Gasteiger partial charge is 0.444 e. The molecule has 1 aliphatic rings. The molecule has 1 fully saturated rings. The molecule has 0 bridgehead atoms. The van der Waals surface area contributed by atoms with Crippen LogP contribution in [-0.4, -0.2) is 17.9 Å². The maximum absolute atomic E-state index is 12.4. The van der Waals surface area contributed by atoms with E-state index in [-0.39, 0.29) is 11.9 Å². The molecule has 23 heavy (non-hydrogen) atoms. The van der Waals surface area contributed by atoms with Crippen molar-refractivity contribution in [2.45, 2.75) is 25.0 Å². The lowest BCUT2D eigenvalue weighted by molar-refractivity contribution is -0.130. The molecule has 1 atom stereocenters. The lowest BCUT2D eigenvalue weighted by Gasteiger charge is -2.18. The fraction of sp³-hybridized carbons (Fsp3) is 0.222. The summed E-state index contributed by atoms with van der Waals surface area (Å²) in [5.74, 6) is -0.809. The van der Waals surface area contributed by atoms with Gasteiger partial charge in [0.1, 0.15) is 0 Å². The fourth-order valence-electron chi connectivity index (χ4n) is 2.20. The molecule has 0 radical (unpaired) electrons. The van der Waals surface area contributed by atoms with Gasteiger partial charge in [-0.05, 0) is 40.9 Å². The van der Waals surface area contributed by atoms with Crippen LogP contribution in [0.1, 0.15) is 34.9 Å². The molecule has 1 N–H and O–H groups in total. The number of carbonyl (C=O) groups is 2. The molecular formula is C18H16BrNO3. The van der Waals surface area contributed by atoms with E-state index in [2.05, 4.69) is 21.2 Å². The van der Waals surface area contributed by atoms with Crippen molar-refractivity contribution in [3.63, 3.8) is 0 Å². The second-order valence-corrected chi connectivity index (χ2v) is 6.31. The molecule has 0 aliphatic heterocycles. The Kier molecular flexibility index (Phi) is 4.76. The Balaban J connectivity index is 1.82. The predicted molar refractivity (Wildman–Crippen MR) is 89.9 cm³/mol. The van der Waals surface area contributed by atoms with Crippen molar-refractivity contribution >= 4 is 27.8 Å². The van der Waals surface area contributed by atoms with E-state index >= 15 is 0 Å². The van der Waals surface area contributed by atoms with E-state index in [9.17, 15) is 9.59 Å². The second-order valence-electron chi connectivity index (χ2n) is 5.46. The van der Waals surface area contributed by atoms with E-state index in [1.54, 1.807) is 30.3 Å². The van der Waals surface area contributed by atoms with E-state index in [0.717, 1.165) is 12.8 Å². The van der Waals surface area contributed by atoms with Crippen LogP contribution >= 0.6 is 15.9 Å². The average molecular weight is 374 g/mol. The first-order valence-corrected chi connectivity index (χ1v) is 8.25. The summed E-state index contributed by atoms with van der Waals surface area (Å²) in [6.45, 7) is 0. The standard InChI is InChI=1S/C18H16BrNO3/c19-15-9-5-4-8-14(15)18(22)23-16(12-6-2-1-3-7-12)17(21)20-13-10-11-13/h1-9,13,16H,10-11H2,(H,20,21)/t16-/m0/s1. The number of amides is 1. The van der Waals surface area contributed by atoms with E-state index in [1.807, 2.05) is 24.3 Å². The summed E-state index contributed by atoms with van der Waals surface area (Å²) in [7, 11) is 0. The molecule has 1 aliphatic carbocycles. The van der Waals surface area contributed by atoms with Gasteiger partial charge in [0.05, 0.1) is 5.56 Å². The third kappa shape index (κ3) is 3.99. The zero-order valence-electron chi connectivity index (χ0n) is 12.4. The Hall–Kier alpha value is -2.14. The van der Waals surface area contributed by atoms with Gasteiger partial charge in [0.25, 0.3) is 5.91 Å². The van der Waals surface area contributed by atoms with Crippen molar-refractivity contribution in [2.75, 3.05) is 0 Å². The lowest BCUT2D eigenvalue weighted by atomic mass is 10.1. The molecule has 0 heterocycles. The average Bonchev–Trinajstić information content (AvgIpc) is 3.37. The second kappa shape index (κ2) is 6.96. The highest BCUT2D eigenvalue weighted by molar-refractivity contribution is 9.10. The quantitative estimate of drug-likeness (QED) is 0.814. The van der Waals surface area contributed by atoms with Crippen molar-refractivity contribution in [3.05, 3.63) is 70.2 Å². The van der Waals surface area contributed by atoms with Gasteiger partial charge in [-0.25, -0.2) is 4.79 Å². The zero-order chi connectivity index (χ0) is 16.2. The SMILES string of the molecule is O=C(O[C@H](C(=O)NC1CC1)c1ccccc1)c1ccccc1Br. The van der Waals surface area contributed by atoms with Crippen LogP contribution in [0, 0.1) is 0 Å². The maximum Gasteiger partial charge on any atom is 0.340 e. The van der Waals surface area contributed by atoms with Crippen LogP contribution in [0.25, 0.3) is 0 Å². The summed E-state index contributed by atoms with van der Waals surface area (Å²) in [6.07, 6.45) is 1.01. The predicted octanol–water partition coefficient (Wildman–Crippen LogP) is 3.63. The first-order valence-electron chi connectivity index (χ1n) is 7.46. The molecule has 0 unspecified atom stereocenters. The van der Waals surface area contributed by atoms with Gasteiger partial charge in [-0.3, -0.25) is 4.79 Å². The van der Waals surface area contributed by atoms with Gasteiger partial charge in [0, 0.05) is 16.1 Å². The van der Waals surface area contributed by atoms with Gasteiger partial charge < -0.3 is 10.1 Å². The van der Waals surface area contributed by atoms with Crippen molar-refractivity contribution in [1.29, 1.82) is 0 Å². The Morgan fingerprint density at radius 3 is 2.35 bits per heavy atom. The molecule has 1 amide bonds. The molecule has 2 aromatic carbocycles. The number of ether oxygens (including phenoxy) is 1. The highest BCUT2D eigenvalue weighted by atomic mass is 79.9. The summed E-state index contributed by atoms with van der Waals surface area (Å²) in [4.78, 5) is 24.9. The van der Waals surface area contributed by atoms with Crippen LogP contribution < -0.4 is 5.32 Å². The van der Waals surface area contributed by atoms with Crippen LogP contribution in [0.5, 0.6) is 0 Å². The minimum Gasteiger partial charge on any atom is -0.444 e. The smallest absolute Gasteiger partial charge is 0.340 e. The number of esters is 1. The van der Waals surface area contributed by atoms with Crippen LogP contribution in [-0.2, 0) is 9.53 Å². The van der Waals surface area contributed by atoms with Gasteiger partial charge in [0.2, 0.25) is 6.10 Å². The van der Waals surface area contributed by atoms with Crippen LogP contribution in [0.15, 0.2) is 59.1 Å².